The van der Waals surface area contributed by atoms with Gasteiger partial charge in [-0.2, -0.15) is 0 Å². The maximum Gasteiger partial charge on any atom is 0.120 e. The molecule has 37 heavy (non-hydrogen) atoms. The van der Waals surface area contributed by atoms with Gasteiger partial charge in [-0.3, -0.25) is 0 Å². The van der Waals surface area contributed by atoms with Crippen LogP contribution in [0.15, 0.2) is 66.7 Å². The van der Waals surface area contributed by atoms with Gasteiger partial charge in [-0.1, -0.05) is 50.2 Å². The van der Waals surface area contributed by atoms with Crippen LogP contribution >= 0.6 is 0 Å². The van der Waals surface area contributed by atoms with Crippen molar-refractivity contribution in [3.63, 3.8) is 0 Å². The maximum absolute atomic E-state index is 9.19. The van der Waals surface area contributed by atoms with Crippen LogP contribution < -0.4 is 15.0 Å². The molecule has 0 unspecified atom stereocenters. The zero-order valence-electron chi connectivity index (χ0n) is 23.3. The highest BCUT2D eigenvalue weighted by Gasteiger charge is 2.19. The van der Waals surface area contributed by atoms with Crippen molar-refractivity contribution in [2.45, 2.75) is 58.4 Å². The maximum atomic E-state index is 9.19. The van der Waals surface area contributed by atoms with Gasteiger partial charge in [-0.25, -0.2) is 0 Å². The molecule has 4 heteroatoms. The Hall–Kier alpha value is -3.42. The lowest BCUT2D eigenvalue weighted by Gasteiger charge is -2.26. The van der Waals surface area contributed by atoms with Crippen LogP contribution in [0.2, 0.25) is 0 Å². The van der Waals surface area contributed by atoms with E-state index in [2.05, 4.69) is 80.2 Å². The molecule has 0 atom stereocenters. The monoisotopic (exact) mass is 500 g/mol. The molecule has 0 heterocycles. The smallest absolute Gasteiger partial charge is 0.120 e. The second-order valence-corrected chi connectivity index (χ2v) is 9.99. The van der Waals surface area contributed by atoms with E-state index in [1.807, 2.05) is 31.3 Å². The molecule has 0 spiro atoms. The van der Waals surface area contributed by atoms with Gasteiger partial charge < -0.3 is 20.1 Å². The average Bonchev–Trinajstić information content (AvgIpc) is 2.93. The van der Waals surface area contributed by atoms with E-state index in [4.69, 9.17) is 4.74 Å². The first-order valence-corrected chi connectivity index (χ1v) is 13.1. The number of aromatic hydroxyl groups is 1. The number of likely N-dealkylation sites (N-methyl/N-ethyl adjacent to an activating group) is 1. The van der Waals surface area contributed by atoms with Crippen LogP contribution in [-0.2, 0) is 24.8 Å². The Kier molecular flexibility index (Phi) is 12.1. The highest BCUT2D eigenvalue weighted by Crippen LogP contribution is 2.26. The summed E-state index contributed by atoms with van der Waals surface area (Å²) in [5, 5.41) is 12.5. The molecule has 1 aliphatic rings. The Morgan fingerprint density at radius 3 is 2.24 bits per heavy atom. The van der Waals surface area contributed by atoms with Crippen LogP contribution in [-0.4, -0.2) is 32.4 Å². The number of anilines is 1. The fourth-order valence-electron chi connectivity index (χ4n) is 4.74. The largest absolute Gasteiger partial charge is 0.508 e. The summed E-state index contributed by atoms with van der Waals surface area (Å²) in [4.78, 5) is 2.36. The van der Waals surface area contributed by atoms with E-state index in [1.54, 1.807) is 13.2 Å². The van der Waals surface area contributed by atoms with Crippen molar-refractivity contribution in [3.05, 3.63) is 89.0 Å². The van der Waals surface area contributed by atoms with E-state index in [0.29, 0.717) is 5.75 Å². The van der Waals surface area contributed by atoms with Gasteiger partial charge in [-0.05, 0) is 86.2 Å². The van der Waals surface area contributed by atoms with Crippen LogP contribution in [0.25, 0.3) is 0 Å². The zero-order chi connectivity index (χ0) is 27.3. The Labute approximate surface area is 224 Å². The molecular weight excluding hydrogens is 456 g/mol. The van der Waals surface area contributed by atoms with Gasteiger partial charge >= 0.3 is 0 Å². The fraction of sp³-hybridized carbons (Fsp3) is 0.394. The molecule has 0 saturated carbocycles. The van der Waals surface area contributed by atoms with E-state index < -0.39 is 0 Å². The zero-order valence-corrected chi connectivity index (χ0v) is 23.3. The lowest BCUT2D eigenvalue weighted by molar-refractivity contribution is 0.415. The standard InChI is InChI=1S/C21H30N2O.C10H12O.C2H2/c1-6-23(19-8-7-9-20(14-19)24-5)15-17-10-12-18(13-11-17)21(2,3)16-22-4;11-10-6-5-8-3-1-2-4-9(8)7-10;1-2/h7-14,22H,6,15-16H2,1-5H3;5-7,11H,1-4H2;1-2H. The molecule has 0 saturated heterocycles. The van der Waals surface area contributed by atoms with E-state index in [9.17, 15) is 5.11 Å². The molecule has 3 aromatic rings. The molecule has 0 bridgehead atoms. The van der Waals surface area contributed by atoms with Gasteiger partial charge in [0.1, 0.15) is 11.5 Å². The highest BCUT2D eigenvalue weighted by molar-refractivity contribution is 5.51. The summed E-state index contributed by atoms with van der Waals surface area (Å²) in [7, 11) is 3.71. The van der Waals surface area contributed by atoms with Crippen molar-refractivity contribution < 1.29 is 9.84 Å². The van der Waals surface area contributed by atoms with Gasteiger partial charge in [0.2, 0.25) is 0 Å². The Balaban J connectivity index is 0.000000306. The number of aryl methyl sites for hydroxylation is 2. The van der Waals surface area contributed by atoms with E-state index >= 15 is 0 Å². The normalized spacial score (nSPS) is 12.2. The lowest BCUT2D eigenvalue weighted by Crippen LogP contribution is -2.30. The number of nitrogens with one attached hydrogen (secondary N) is 1. The molecule has 1 aliphatic carbocycles. The number of benzene rings is 3. The number of nitrogens with zero attached hydrogens (tertiary/aromatic N) is 1. The third kappa shape index (κ3) is 8.88. The quantitative estimate of drug-likeness (QED) is 0.336. The Morgan fingerprint density at radius 2 is 1.62 bits per heavy atom. The SMILES string of the molecule is C#C.CCN(Cc1ccc(C(C)(C)CNC)cc1)c1cccc(OC)c1.Oc1ccc2c(c1)CCCC2. The molecule has 198 valence electrons. The molecule has 2 N–H and O–H groups in total. The fourth-order valence-corrected chi connectivity index (χ4v) is 4.74. The van der Waals surface area contributed by atoms with Crippen LogP contribution in [0.1, 0.15) is 55.9 Å². The summed E-state index contributed by atoms with van der Waals surface area (Å²) in [6.45, 7) is 9.55. The van der Waals surface area contributed by atoms with Crippen LogP contribution in [0.5, 0.6) is 11.5 Å². The van der Waals surface area contributed by atoms with Crippen molar-refractivity contribution in [1.29, 1.82) is 0 Å². The number of terminal acetylenes is 1. The van der Waals surface area contributed by atoms with Gasteiger partial charge in [0.15, 0.2) is 0 Å². The molecule has 0 radical (unpaired) electrons. The number of rotatable bonds is 8. The van der Waals surface area contributed by atoms with E-state index in [-0.39, 0.29) is 5.41 Å². The number of hydrogen-bond donors (Lipinski definition) is 2. The van der Waals surface area contributed by atoms with Crippen molar-refractivity contribution in [3.8, 4) is 24.3 Å². The lowest BCUT2D eigenvalue weighted by atomic mass is 9.84. The number of ether oxygens (including phenoxy) is 1. The van der Waals surface area contributed by atoms with Crippen LogP contribution in [0.4, 0.5) is 5.69 Å². The summed E-state index contributed by atoms with van der Waals surface area (Å²) < 4.78 is 5.34. The third-order valence-corrected chi connectivity index (χ3v) is 6.86. The summed E-state index contributed by atoms with van der Waals surface area (Å²) in [6, 6.07) is 23.0. The number of fused-ring (bicyclic) bond motifs is 1. The molecule has 0 aliphatic heterocycles. The molecule has 0 amide bonds. The van der Waals surface area contributed by atoms with Gasteiger partial charge in [0.05, 0.1) is 7.11 Å². The van der Waals surface area contributed by atoms with Gasteiger partial charge in [-0.15, -0.1) is 12.8 Å². The summed E-state index contributed by atoms with van der Waals surface area (Å²) in [6.07, 6.45) is 12.9. The second-order valence-electron chi connectivity index (χ2n) is 9.99. The predicted molar refractivity (Wildman–Crippen MR) is 158 cm³/mol. The molecule has 4 nitrogen and oxygen atoms in total. The first-order chi connectivity index (χ1) is 17.9. The Bertz CT molecular complexity index is 1100. The molecule has 4 rings (SSSR count). The van der Waals surface area contributed by atoms with Crippen molar-refractivity contribution in [2.75, 3.05) is 32.1 Å². The number of methoxy groups -OCH3 is 1. The highest BCUT2D eigenvalue weighted by atomic mass is 16.5. The van der Waals surface area contributed by atoms with Crippen LogP contribution in [0, 0.1) is 12.8 Å². The van der Waals surface area contributed by atoms with Crippen molar-refractivity contribution in [2.24, 2.45) is 0 Å². The Morgan fingerprint density at radius 1 is 0.946 bits per heavy atom. The number of hydrogen-bond acceptors (Lipinski definition) is 4. The van der Waals surface area contributed by atoms with Crippen LogP contribution in [0.3, 0.4) is 0 Å². The van der Waals surface area contributed by atoms with E-state index in [1.165, 1.54) is 47.2 Å². The summed E-state index contributed by atoms with van der Waals surface area (Å²) in [5.41, 5.74) is 6.79. The minimum absolute atomic E-state index is 0.143. The van der Waals surface area contributed by atoms with Gasteiger partial charge in [0.25, 0.3) is 0 Å². The molecular formula is C33H44N2O2. The average molecular weight is 501 g/mol. The number of phenols is 1. The predicted octanol–water partition coefficient (Wildman–Crippen LogP) is 6.74. The molecule has 3 aromatic carbocycles. The van der Waals surface area contributed by atoms with Crippen molar-refractivity contribution >= 4 is 5.69 Å². The van der Waals surface area contributed by atoms with Crippen molar-refractivity contribution in [1.82, 2.24) is 5.32 Å². The minimum atomic E-state index is 0.143. The first-order valence-electron chi connectivity index (χ1n) is 13.1. The third-order valence-electron chi connectivity index (χ3n) is 6.86. The summed E-state index contributed by atoms with van der Waals surface area (Å²) >= 11 is 0. The first kappa shape index (κ1) is 29.8. The summed E-state index contributed by atoms with van der Waals surface area (Å²) in [5.74, 6) is 1.31. The van der Waals surface area contributed by atoms with E-state index in [0.717, 1.165) is 31.8 Å². The topological polar surface area (TPSA) is 44.7 Å². The number of phenolic OH excluding ortho intramolecular Hbond substituents is 1. The second kappa shape index (κ2) is 15.0. The molecule has 0 fully saturated rings. The van der Waals surface area contributed by atoms with Gasteiger partial charge in [0, 0.05) is 36.8 Å². The molecule has 0 aromatic heterocycles. The minimum Gasteiger partial charge on any atom is -0.508 e.